The minimum atomic E-state index is -0.529. The van der Waals surface area contributed by atoms with E-state index in [-0.39, 0.29) is 5.75 Å². The molecule has 0 amide bonds. The van der Waals surface area contributed by atoms with Gasteiger partial charge in [0.15, 0.2) is 0 Å². The van der Waals surface area contributed by atoms with Gasteiger partial charge < -0.3 is 15.9 Å². The minimum Gasteiger partial charge on any atom is -0.508 e. The predicted octanol–water partition coefficient (Wildman–Crippen LogP) is 0.445. The average molecular weight is 196 g/mol. The summed E-state index contributed by atoms with van der Waals surface area (Å²) in [6, 6.07) is 4.97. The van der Waals surface area contributed by atoms with Crippen molar-refractivity contribution in [1.29, 1.82) is 0 Å². The number of benzene rings is 1. The van der Waals surface area contributed by atoms with E-state index >= 15 is 0 Å². The van der Waals surface area contributed by atoms with E-state index in [9.17, 15) is 5.11 Å². The number of aliphatic hydroxyl groups excluding tert-OH is 1. The van der Waals surface area contributed by atoms with Crippen molar-refractivity contribution in [2.45, 2.75) is 19.6 Å². The van der Waals surface area contributed by atoms with E-state index in [2.05, 4.69) is 5.32 Å². The summed E-state index contributed by atoms with van der Waals surface area (Å²) < 4.78 is 0. The summed E-state index contributed by atoms with van der Waals surface area (Å²) in [4.78, 5) is 0. The molecule has 0 saturated heterocycles. The highest BCUT2D eigenvalue weighted by atomic mass is 16.3. The first-order valence-corrected chi connectivity index (χ1v) is 4.58. The second-order valence-corrected chi connectivity index (χ2v) is 3.27. The number of nitrogens with one attached hydrogen (secondary N) is 1. The Balaban J connectivity index is 2.53. The molecule has 1 rings (SSSR count). The van der Waals surface area contributed by atoms with E-state index in [1.807, 2.05) is 0 Å². The molecule has 0 saturated carbocycles. The number of anilines is 1. The van der Waals surface area contributed by atoms with Gasteiger partial charge in [0.2, 0.25) is 0 Å². The Hall–Kier alpha value is -1.26. The van der Waals surface area contributed by atoms with Crippen molar-refractivity contribution in [2.75, 3.05) is 12.3 Å². The number of aliphatic hydroxyl groups is 1. The van der Waals surface area contributed by atoms with Crippen molar-refractivity contribution in [3.63, 3.8) is 0 Å². The fraction of sp³-hybridized carbons (Fsp3) is 0.400. The van der Waals surface area contributed by atoms with Crippen molar-refractivity contribution in [2.24, 2.45) is 0 Å². The third-order valence-electron chi connectivity index (χ3n) is 1.94. The Kier molecular flexibility index (Phi) is 3.73. The number of phenolic OH excluding ortho intramolecular Hbond substituents is 1. The molecule has 0 fully saturated rings. The van der Waals surface area contributed by atoms with E-state index in [1.54, 1.807) is 25.1 Å². The van der Waals surface area contributed by atoms with E-state index in [0.717, 1.165) is 5.56 Å². The second-order valence-electron chi connectivity index (χ2n) is 3.27. The van der Waals surface area contributed by atoms with Crippen LogP contribution in [0.1, 0.15) is 12.5 Å². The third-order valence-corrected chi connectivity index (χ3v) is 1.94. The fourth-order valence-corrected chi connectivity index (χ4v) is 1.22. The van der Waals surface area contributed by atoms with Gasteiger partial charge in [0.1, 0.15) is 12.0 Å². The average Bonchev–Trinajstić information content (AvgIpc) is 2.10. The van der Waals surface area contributed by atoms with E-state index in [1.165, 1.54) is 0 Å². The van der Waals surface area contributed by atoms with Gasteiger partial charge >= 0.3 is 0 Å². The van der Waals surface area contributed by atoms with Crippen molar-refractivity contribution in [1.82, 2.24) is 5.32 Å². The summed E-state index contributed by atoms with van der Waals surface area (Å²) in [7, 11) is 0. The normalized spacial score (nSPS) is 12.7. The molecule has 1 aromatic rings. The molecule has 0 bridgehead atoms. The maximum Gasteiger partial charge on any atom is 0.118 e. The number of rotatable bonds is 4. The first kappa shape index (κ1) is 10.8. The maximum atomic E-state index is 9.45. The first-order valence-electron chi connectivity index (χ1n) is 4.58. The third kappa shape index (κ3) is 3.24. The fourth-order valence-electron chi connectivity index (χ4n) is 1.22. The van der Waals surface area contributed by atoms with Crippen LogP contribution < -0.4 is 11.1 Å². The summed E-state index contributed by atoms with van der Waals surface area (Å²) in [5.74, 6) is 0.242. The predicted molar refractivity (Wildman–Crippen MR) is 55.9 cm³/mol. The van der Waals surface area contributed by atoms with Crippen LogP contribution in [0.3, 0.4) is 0 Å². The number of nitrogen functional groups attached to an aromatic ring is 1. The molecule has 14 heavy (non-hydrogen) atoms. The highest BCUT2D eigenvalue weighted by molar-refractivity contribution is 5.47. The molecule has 0 aliphatic carbocycles. The van der Waals surface area contributed by atoms with Gasteiger partial charge in [-0.05, 0) is 37.1 Å². The summed E-state index contributed by atoms with van der Waals surface area (Å²) >= 11 is 0. The zero-order chi connectivity index (χ0) is 10.6. The zero-order valence-electron chi connectivity index (χ0n) is 8.20. The van der Waals surface area contributed by atoms with Gasteiger partial charge in [0.05, 0.1) is 0 Å². The topological polar surface area (TPSA) is 78.5 Å². The van der Waals surface area contributed by atoms with Crippen LogP contribution in [-0.2, 0) is 6.42 Å². The first-order chi connectivity index (χ1) is 6.59. The molecule has 0 heterocycles. The monoisotopic (exact) mass is 196 g/mol. The summed E-state index contributed by atoms with van der Waals surface area (Å²) in [5, 5.41) is 21.3. The minimum absolute atomic E-state index is 0.242. The standard InChI is InChI=1S/C10H16N2O2/c1-7(13)12-5-4-8-6-9(11)2-3-10(8)14/h2-3,6-7,12-14H,4-5,11H2,1H3. The van der Waals surface area contributed by atoms with Crippen LogP contribution >= 0.6 is 0 Å². The molecule has 0 aliphatic rings. The highest BCUT2D eigenvalue weighted by Gasteiger charge is 2.01. The molecule has 1 atom stereocenters. The Bertz CT molecular complexity index is 300. The van der Waals surface area contributed by atoms with Crippen molar-refractivity contribution >= 4 is 5.69 Å². The van der Waals surface area contributed by atoms with Gasteiger partial charge in [0.25, 0.3) is 0 Å². The number of aromatic hydroxyl groups is 1. The molecule has 78 valence electrons. The maximum absolute atomic E-state index is 9.45. The lowest BCUT2D eigenvalue weighted by Crippen LogP contribution is -2.27. The Morgan fingerprint density at radius 1 is 1.50 bits per heavy atom. The molecule has 0 aromatic heterocycles. The van der Waals surface area contributed by atoms with Crippen LogP contribution in [0, 0.1) is 0 Å². The second kappa shape index (κ2) is 4.83. The van der Waals surface area contributed by atoms with Crippen LogP contribution in [0.4, 0.5) is 5.69 Å². The Morgan fingerprint density at radius 3 is 2.86 bits per heavy atom. The van der Waals surface area contributed by atoms with Gasteiger partial charge in [-0.2, -0.15) is 0 Å². The van der Waals surface area contributed by atoms with Crippen molar-refractivity contribution in [3.8, 4) is 5.75 Å². The lowest BCUT2D eigenvalue weighted by molar-refractivity contribution is 0.157. The van der Waals surface area contributed by atoms with Gasteiger partial charge in [-0.15, -0.1) is 0 Å². The van der Waals surface area contributed by atoms with Crippen LogP contribution in [-0.4, -0.2) is 23.0 Å². The van der Waals surface area contributed by atoms with E-state index in [0.29, 0.717) is 18.7 Å². The summed E-state index contributed by atoms with van der Waals surface area (Å²) in [5.41, 5.74) is 7.00. The van der Waals surface area contributed by atoms with Gasteiger partial charge in [0, 0.05) is 12.2 Å². The number of hydrogen-bond acceptors (Lipinski definition) is 4. The molecule has 0 spiro atoms. The molecule has 0 radical (unpaired) electrons. The molecule has 0 aliphatic heterocycles. The molecular formula is C10H16N2O2. The number of hydrogen-bond donors (Lipinski definition) is 4. The zero-order valence-corrected chi connectivity index (χ0v) is 8.20. The summed E-state index contributed by atoms with van der Waals surface area (Å²) in [6.45, 7) is 2.26. The highest BCUT2D eigenvalue weighted by Crippen LogP contribution is 2.19. The van der Waals surface area contributed by atoms with Crippen molar-refractivity contribution < 1.29 is 10.2 Å². The molecule has 5 N–H and O–H groups in total. The number of nitrogens with two attached hydrogens (primary N) is 1. The number of phenols is 1. The van der Waals surface area contributed by atoms with Crippen molar-refractivity contribution in [3.05, 3.63) is 23.8 Å². The van der Waals surface area contributed by atoms with E-state index in [4.69, 9.17) is 10.8 Å². The molecule has 1 aromatic carbocycles. The summed E-state index contributed by atoms with van der Waals surface area (Å²) in [6.07, 6.45) is 0.111. The largest absolute Gasteiger partial charge is 0.508 e. The molecule has 4 nitrogen and oxygen atoms in total. The Labute approximate surface area is 83.4 Å². The lowest BCUT2D eigenvalue weighted by Gasteiger charge is -2.08. The van der Waals surface area contributed by atoms with Crippen LogP contribution in [0.2, 0.25) is 0 Å². The van der Waals surface area contributed by atoms with Gasteiger partial charge in [-0.3, -0.25) is 5.32 Å². The quantitative estimate of drug-likeness (QED) is 0.320. The Morgan fingerprint density at radius 2 is 2.21 bits per heavy atom. The lowest BCUT2D eigenvalue weighted by atomic mass is 10.1. The van der Waals surface area contributed by atoms with Crippen LogP contribution in [0.25, 0.3) is 0 Å². The van der Waals surface area contributed by atoms with Crippen LogP contribution in [0.5, 0.6) is 5.75 Å². The van der Waals surface area contributed by atoms with Gasteiger partial charge in [-0.1, -0.05) is 0 Å². The van der Waals surface area contributed by atoms with E-state index < -0.39 is 6.23 Å². The van der Waals surface area contributed by atoms with Gasteiger partial charge in [-0.25, -0.2) is 0 Å². The molecule has 4 heteroatoms. The van der Waals surface area contributed by atoms with Crippen LogP contribution in [0.15, 0.2) is 18.2 Å². The molecular weight excluding hydrogens is 180 g/mol. The molecule has 1 unspecified atom stereocenters. The smallest absolute Gasteiger partial charge is 0.118 e. The SMILES string of the molecule is CC(O)NCCc1cc(N)ccc1O.